The van der Waals surface area contributed by atoms with Gasteiger partial charge < -0.3 is 14.8 Å². The van der Waals surface area contributed by atoms with E-state index >= 15 is 0 Å². The molecule has 0 aliphatic rings. The quantitative estimate of drug-likeness (QED) is 0.153. The van der Waals surface area contributed by atoms with Gasteiger partial charge in [-0.3, -0.25) is 14.9 Å². The summed E-state index contributed by atoms with van der Waals surface area (Å²) in [6, 6.07) is 17.5. The van der Waals surface area contributed by atoms with Crippen molar-refractivity contribution in [3.8, 4) is 17.6 Å². The third-order valence-corrected chi connectivity index (χ3v) is 5.21. The molecule has 0 heterocycles. The maximum atomic E-state index is 12.6. The zero-order valence-electron chi connectivity index (χ0n) is 18.5. The first-order valence-corrected chi connectivity index (χ1v) is 11.1. The molecular formula is C25H19Cl2N3O5. The summed E-state index contributed by atoms with van der Waals surface area (Å²) in [6.07, 6.45) is 1.36. The second kappa shape index (κ2) is 11.9. The average Bonchev–Trinajstić information content (AvgIpc) is 2.83. The van der Waals surface area contributed by atoms with Crippen LogP contribution in [0.4, 0.5) is 11.4 Å². The molecule has 178 valence electrons. The van der Waals surface area contributed by atoms with E-state index in [1.807, 2.05) is 13.0 Å². The Labute approximate surface area is 211 Å². The minimum absolute atomic E-state index is 0.0270. The van der Waals surface area contributed by atoms with Gasteiger partial charge >= 0.3 is 0 Å². The van der Waals surface area contributed by atoms with Crippen LogP contribution in [0, 0.1) is 21.4 Å². The summed E-state index contributed by atoms with van der Waals surface area (Å²) in [6.45, 7) is 2.48. The number of nitriles is 1. The number of non-ortho nitro benzene ring substituents is 1. The Morgan fingerprint density at radius 1 is 1.09 bits per heavy atom. The third-order valence-electron chi connectivity index (χ3n) is 4.65. The van der Waals surface area contributed by atoms with E-state index in [1.54, 1.807) is 36.4 Å². The van der Waals surface area contributed by atoms with E-state index in [9.17, 15) is 20.2 Å². The van der Waals surface area contributed by atoms with Gasteiger partial charge in [-0.05, 0) is 72.7 Å². The molecule has 0 atom stereocenters. The lowest BCUT2D eigenvalue weighted by Gasteiger charge is -2.11. The molecular weight excluding hydrogens is 493 g/mol. The van der Waals surface area contributed by atoms with Crippen LogP contribution in [-0.4, -0.2) is 17.4 Å². The first-order valence-electron chi connectivity index (χ1n) is 10.3. The fourth-order valence-corrected chi connectivity index (χ4v) is 3.60. The smallest absolute Gasteiger partial charge is 0.269 e. The highest BCUT2D eigenvalue weighted by atomic mass is 35.5. The number of nitro benzene ring substituents is 1. The zero-order chi connectivity index (χ0) is 25.4. The van der Waals surface area contributed by atoms with Gasteiger partial charge in [-0.2, -0.15) is 5.26 Å². The molecule has 0 fully saturated rings. The van der Waals surface area contributed by atoms with Gasteiger partial charge in [0.05, 0.1) is 21.6 Å². The summed E-state index contributed by atoms with van der Waals surface area (Å²) < 4.78 is 11.0. The van der Waals surface area contributed by atoms with Crippen LogP contribution >= 0.6 is 23.2 Å². The molecule has 35 heavy (non-hydrogen) atoms. The van der Waals surface area contributed by atoms with Gasteiger partial charge in [-0.15, -0.1) is 0 Å². The maximum absolute atomic E-state index is 12.6. The molecule has 3 aromatic rings. The van der Waals surface area contributed by atoms with Crippen molar-refractivity contribution >= 4 is 46.6 Å². The van der Waals surface area contributed by atoms with Gasteiger partial charge in [0, 0.05) is 17.8 Å². The summed E-state index contributed by atoms with van der Waals surface area (Å²) >= 11 is 12.6. The molecule has 1 N–H and O–H groups in total. The van der Waals surface area contributed by atoms with Crippen LogP contribution in [0.25, 0.3) is 6.08 Å². The first-order chi connectivity index (χ1) is 16.8. The molecule has 0 spiro atoms. The number of benzene rings is 3. The third kappa shape index (κ3) is 6.96. The average molecular weight is 512 g/mol. The summed E-state index contributed by atoms with van der Waals surface area (Å²) in [5.74, 6) is 0.283. The van der Waals surface area contributed by atoms with E-state index in [1.165, 1.54) is 30.3 Å². The minimum Gasteiger partial charge on any atom is -0.494 e. The Morgan fingerprint density at radius 2 is 1.71 bits per heavy atom. The van der Waals surface area contributed by atoms with Crippen molar-refractivity contribution in [1.82, 2.24) is 0 Å². The molecule has 0 aromatic heterocycles. The van der Waals surface area contributed by atoms with Gasteiger partial charge in [-0.1, -0.05) is 23.2 Å². The number of carbonyl (C=O) groups is 1. The Bertz CT molecular complexity index is 1280. The largest absolute Gasteiger partial charge is 0.494 e. The second-order valence-electron chi connectivity index (χ2n) is 7.11. The highest BCUT2D eigenvalue weighted by Crippen LogP contribution is 2.35. The number of nitrogens with one attached hydrogen (secondary N) is 1. The van der Waals surface area contributed by atoms with Crippen molar-refractivity contribution in [3.05, 3.63) is 97.5 Å². The zero-order valence-corrected chi connectivity index (χ0v) is 20.0. The number of nitro groups is 1. The van der Waals surface area contributed by atoms with E-state index < -0.39 is 10.8 Å². The molecule has 0 aliphatic heterocycles. The number of hydrogen-bond acceptors (Lipinski definition) is 6. The number of rotatable bonds is 9. The van der Waals surface area contributed by atoms with Crippen molar-refractivity contribution < 1.29 is 19.2 Å². The SMILES string of the molecule is CCOc1ccc(NC(=O)/C(C#N)=C\c2cc(Cl)c(OCc3ccc([N+](=O)[O-])cc3)c(Cl)c2)cc1. The Kier molecular flexibility index (Phi) is 8.68. The summed E-state index contributed by atoms with van der Waals surface area (Å²) in [7, 11) is 0. The molecule has 0 unspecified atom stereocenters. The molecule has 3 rings (SSSR count). The fraction of sp³-hybridized carbons (Fsp3) is 0.120. The predicted molar refractivity (Wildman–Crippen MR) is 134 cm³/mol. The number of ether oxygens (including phenoxy) is 2. The van der Waals surface area contributed by atoms with E-state index in [2.05, 4.69) is 5.32 Å². The number of anilines is 1. The van der Waals surface area contributed by atoms with Crippen molar-refractivity contribution in [2.45, 2.75) is 13.5 Å². The van der Waals surface area contributed by atoms with Crippen molar-refractivity contribution in [3.63, 3.8) is 0 Å². The number of amides is 1. The van der Waals surface area contributed by atoms with Gasteiger partial charge in [-0.25, -0.2) is 0 Å². The van der Waals surface area contributed by atoms with Gasteiger partial charge in [0.25, 0.3) is 11.6 Å². The Morgan fingerprint density at radius 3 is 2.26 bits per heavy atom. The van der Waals surface area contributed by atoms with Crippen LogP contribution in [0.1, 0.15) is 18.1 Å². The van der Waals surface area contributed by atoms with Crippen LogP contribution < -0.4 is 14.8 Å². The van der Waals surface area contributed by atoms with Crippen molar-refractivity contribution in [2.24, 2.45) is 0 Å². The normalized spacial score (nSPS) is 10.9. The topological polar surface area (TPSA) is 114 Å². The molecule has 0 aliphatic carbocycles. The number of hydrogen-bond donors (Lipinski definition) is 1. The number of nitrogens with zero attached hydrogens (tertiary/aromatic N) is 2. The van der Waals surface area contributed by atoms with Crippen LogP contribution in [0.5, 0.6) is 11.5 Å². The highest BCUT2D eigenvalue weighted by molar-refractivity contribution is 6.37. The fourth-order valence-electron chi connectivity index (χ4n) is 2.98. The highest BCUT2D eigenvalue weighted by Gasteiger charge is 2.14. The van der Waals surface area contributed by atoms with E-state index in [0.29, 0.717) is 29.2 Å². The second-order valence-corrected chi connectivity index (χ2v) is 7.92. The van der Waals surface area contributed by atoms with Crippen LogP contribution in [-0.2, 0) is 11.4 Å². The molecule has 10 heteroatoms. The number of halogens is 2. The van der Waals surface area contributed by atoms with Crippen LogP contribution in [0.15, 0.2) is 66.2 Å². The molecule has 0 saturated heterocycles. The van der Waals surface area contributed by atoms with E-state index in [-0.39, 0.29) is 33.7 Å². The van der Waals surface area contributed by atoms with Crippen LogP contribution in [0.3, 0.4) is 0 Å². The molecule has 0 radical (unpaired) electrons. The molecule has 8 nitrogen and oxygen atoms in total. The number of carbonyl (C=O) groups excluding carboxylic acids is 1. The first kappa shape index (κ1) is 25.6. The lowest BCUT2D eigenvalue weighted by atomic mass is 10.1. The lowest BCUT2D eigenvalue weighted by molar-refractivity contribution is -0.384. The standard InChI is InChI=1S/C25H19Cl2N3O5/c1-2-34-21-9-5-19(6-10-21)29-25(31)18(14-28)11-17-12-22(26)24(23(27)13-17)35-15-16-3-7-20(8-4-16)30(32)33/h3-13H,2,15H2,1H3,(H,29,31)/b18-11-. The molecule has 3 aromatic carbocycles. The minimum atomic E-state index is -0.595. The molecule has 0 bridgehead atoms. The summed E-state index contributed by atoms with van der Waals surface area (Å²) in [4.78, 5) is 22.8. The van der Waals surface area contributed by atoms with Crippen molar-refractivity contribution in [2.75, 3.05) is 11.9 Å². The van der Waals surface area contributed by atoms with Crippen LogP contribution in [0.2, 0.25) is 10.0 Å². The van der Waals surface area contributed by atoms with Gasteiger partial charge in [0.15, 0.2) is 5.75 Å². The predicted octanol–water partition coefficient (Wildman–Crippen LogP) is 6.42. The van der Waals surface area contributed by atoms with Crippen molar-refractivity contribution in [1.29, 1.82) is 5.26 Å². The lowest BCUT2D eigenvalue weighted by Crippen LogP contribution is -2.13. The van der Waals surface area contributed by atoms with E-state index in [4.69, 9.17) is 32.7 Å². The molecule has 1 amide bonds. The maximum Gasteiger partial charge on any atom is 0.269 e. The summed E-state index contributed by atoms with van der Waals surface area (Å²) in [5, 5.41) is 23.2. The molecule has 0 saturated carbocycles. The Hall–Kier alpha value is -4.06. The van der Waals surface area contributed by atoms with E-state index in [0.717, 1.165) is 0 Å². The monoisotopic (exact) mass is 511 g/mol. The van der Waals surface area contributed by atoms with Gasteiger partial charge in [0.2, 0.25) is 0 Å². The van der Waals surface area contributed by atoms with Gasteiger partial charge in [0.1, 0.15) is 24.0 Å². The summed E-state index contributed by atoms with van der Waals surface area (Å²) in [5.41, 5.74) is 1.45. The Balaban J connectivity index is 1.71.